The lowest BCUT2D eigenvalue weighted by molar-refractivity contribution is -0.384. The van der Waals surface area contributed by atoms with Gasteiger partial charge in [-0.05, 0) is 64.4 Å². The average Bonchev–Trinajstić information content (AvgIpc) is 2.79. The van der Waals surface area contributed by atoms with Gasteiger partial charge in [0.25, 0.3) is 11.6 Å². The van der Waals surface area contributed by atoms with Gasteiger partial charge in [0.2, 0.25) is 0 Å². The molecule has 32 heavy (non-hydrogen) atoms. The molecule has 0 saturated heterocycles. The van der Waals surface area contributed by atoms with Crippen LogP contribution in [-0.2, 0) is 6.61 Å². The first-order valence-electron chi connectivity index (χ1n) is 9.51. The minimum Gasteiger partial charge on any atom is -0.493 e. The van der Waals surface area contributed by atoms with Crippen molar-refractivity contribution in [2.45, 2.75) is 13.5 Å². The minimum atomic E-state index is -0.559. The van der Waals surface area contributed by atoms with Crippen LogP contribution in [-0.4, -0.2) is 24.2 Å². The van der Waals surface area contributed by atoms with Gasteiger partial charge in [-0.3, -0.25) is 14.9 Å². The summed E-state index contributed by atoms with van der Waals surface area (Å²) >= 11 is 2.15. The Kier molecular flexibility index (Phi) is 7.77. The number of nitrogens with one attached hydrogen (secondary N) is 1. The highest BCUT2D eigenvalue weighted by Crippen LogP contribution is 2.34. The van der Waals surface area contributed by atoms with Gasteiger partial charge >= 0.3 is 0 Å². The second-order valence-electron chi connectivity index (χ2n) is 6.76. The van der Waals surface area contributed by atoms with Crippen LogP contribution in [0.4, 0.5) is 5.69 Å². The molecule has 0 aromatic heterocycles. The van der Waals surface area contributed by atoms with Crippen molar-refractivity contribution >= 4 is 40.4 Å². The first kappa shape index (κ1) is 23.2. The standard InChI is InChI=1S/C23H20IN3O5/c1-15-6-3-4-7-18(15)14-32-22-20(24)10-16(11-21(22)31-2)13-25-26-23(28)17-8-5-9-19(12-17)27(29)30/h3-13H,14H2,1-2H3,(H,26,28)/b25-13-. The Morgan fingerprint density at radius 3 is 2.69 bits per heavy atom. The van der Waals surface area contributed by atoms with Crippen LogP contribution in [0.25, 0.3) is 0 Å². The van der Waals surface area contributed by atoms with Crippen molar-refractivity contribution in [2.75, 3.05) is 7.11 Å². The van der Waals surface area contributed by atoms with Gasteiger partial charge in [0.15, 0.2) is 11.5 Å². The Bertz CT molecular complexity index is 1180. The fourth-order valence-electron chi connectivity index (χ4n) is 2.87. The second-order valence-corrected chi connectivity index (χ2v) is 7.92. The summed E-state index contributed by atoms with van der Waals surface area (Å²) < 4.78 is 12.3. The molecule has 0 aliphatic heterocycles. The van der Waals surface area contributed by atoms with E-state index in [0.717, 1.165) is 14.7 Å². The number of hydrazone groups is 1. The zero-order valence-electron chi connectivity index (χ0n) is 17.4. The zero-order chi connectivity index (χ0) is 23.1. The summed E-state index contributed by atoms with van der Waals surface area (Å²) in [5, 5.41) is 14.8. The monoisotopic (exact) mass is 545 g/mol. The van der Waals surface area contributed by atoms with E-state index < -0.39 is 10.8 Å². The molecule has 9 heteroatoms. The van der Waals surface area contributed by atoms with E-state index in [0.29, 0.717) is 23.7 Å². The Morgan fingerprint density at radius 2 is 1.97 bits per heavy atom. The molecule has 0 aliphatic rings. The normalized spacial score (nSPS) is 10.7. The molecule has 0 fully saturated rings. The third kappa shape index (κ3) is 5.82. The molecule has 164 valence electrons. The van der Waals surface area contributed by atoms with E-state index in [1.54, 1.807) is 13.2 Å². The molecule has 0 radical (unpaired) electrons. The Morgan fingerprint density at radius 1 is 1.19 bits per heavy atom. The smallest absolute Gasteiger partial charge is 0.271 e. The number of aryl methyl sites for hydroxylation is 1. The van der Waals surface area contributed by atoms with Crippen LogP contribution in [0.5, 0.6) is 11.5 Å². The molecule has 3 aromatic rings. The molecule has 3 rings (SSSR count). The van der Waals surface area contributed by atoms with E-state index in [4.69, 9.17) is 9.47 Å². The molecule has 8 nitrogen and oxygen atoms in total. The Balaban J connectivity index is 1.70. The van der Waals surface area contributed by atoms with Crippen LogP contribution in [0.15, 0.2) is 65.8 Å². The lowest BCUT2D eigenvalue weighted by Gasteiger charge is -2.14. The number of rotatable bonds is 8. The quantitative estimate of drug-likeness (QED) is 0.189. The third-order valence-electron chi connectivity index (χ3n) is 4.58. The van der Waals surface area contributed by atoms with Gasteiger partial charge in [-0.1, -0.05) is 30.3 Å². The number of nitro benzene ring substituents is 1. The summed E-state index contributed by atoms with van der Waals surface area (Å²) in [7, 11) is 1.55. The van der Waals surface area contributed by atoms with Gasteiger partial charge in [-0.15, -0.1) is 0 Å². The van der Waals surface area contributed by atoms with Crippen molar-refractivity contribution in [2.24, 2.45) is 5.10 Å². The Hall–Kier alpha value is -3.47. The van der Waals surface area contributed by atoms with Gasteiger partial charge in [0, 0.05) is 17.7 Å². The second kappa shape index (κ2) is 10.7. The number of hydrogen-bond acceptors (Lipinski definition) is 6. The summed E-state index contributed by atoms with van der Waals surface area (Å²) in [6.07, 6.45) is 1.46. The highest BCUT2D eigenvalue weighted by Gasteiger charge is 2.13. The predicted octanol–water partition coefficient (Wildman–Crippen LogP) is 4.86. The molecule has 0 heterocycles. The number of nitrogens with zero attached hydrogens (tertiary/aromatic N) is 2. The first-order chi connectivity index (χ1) is 15.4. The number of halogens is 1. The van der Waals surface area contributed by atoms with Crippen LogP contribution < -0.4 is 14.9 Å². The molecule has 1 N–H and O–H groups in total. The number of non-ortho nitro benzene ring substituents is 1. The summed E-state index contributed by atoms with van der Waals surface area (Å²) in [6.45, 7) is 2.44. The number of carbonyl (C=O) groups is 1. The highest BCUT2D eigenvalue weighted by molar-refractivity contribution is 14.1. The lowest BCUT2D eigenvalue weighted by atomic mass is 10.1. The van der Waals surface area contributed by atoms with Crippen LogP contribution in [0, 0.1) is 20.6 Å². The van der Waals surface area contributed by atoms with Crippen molar-refractivity contribution in [3.63, 3.8) is 0 Å². The van der Waals surface area contributed by atoms with E-state index in [-0.39, 0.29) is 11.3 Å². The predicted molar refractivity (Wildman–Crippen MR) is 129 cm³/mol. The summed E-state index contributed by atoms with van der Waals surface area (Å²) in [4.78, 5) is 22.5. The lowest BCUT2D eigenvalue weighted by Crippen LogP contribution is -2.17. The minimum absolute atomic E-state index is 0.142. The van der Waals surface area contributed by atoms with Gasteiger partial charge in [0.1, 0.15) is 6.61 Å². The van der Waals surface area contributed by atoms with Gasteiger partial charge in [-0.25, -0.2) is 5.43 Å². The fourth-order valence-corrected chi connectivity index (χ4v) is 3.65. The maximum Gasteiger partial charge on any atom is 0.271 e. The van der Waals surface area contributed by atoms with E-state index >= 15 is 0 Å². The van der Waals surface area contributed by atoms with Crippen LogP contribution >= 0.6 is 22.6 Å². The number of methoxy groups -OCH3 is 1. The van der Waals surface area contributed by atoms with Crippen molar-refractivity contribution < 1.29 is 19.2 Å². The summed E-state index contributed by atoms with van der Waals surface area (Å²) in [5.41, 5.74) is 5.26. The molecule has 0 unspecified atom stereocenters. The van der Waals surface area contributed by atoms with Crippen molar-refractivity contribution in [1.29, 1.82) is 0 Å². The molecule has 3 aromatic carbocycles. The van der Waals surface area contributed by atoms with Crippen molar-refractivity contribution in [3.8, 4) is 11.5 Å². The molecular formula is C23H20IN3O5. The van der Waals surface area contributed by atoms with Crippen LogP contribution in [0.2, 0.25) is 0 Å². The first-order valence-corrected chi connectivity index (χ1v) is 10.6. The largest absolute Gasteiger partial charge is 0.493 e. The number of nitro groups is 1. The number of ether oxygens (including phenoxy) is 2. The number of hydrogen-bond donors (Lipinski definition) is 1. The van der Waals surface area contributed by atoms with E-state index in [1.807, 2.05) is 37.3 Å². The molecule has 0 bridgehead atoms. The highest BCUT2D eigenvalue weighted by atomic mass is 127. The number of carbonyl (C=O) groups excluding carboxylic acids is 1. The average molecular weight is 545 g/mol. The SMILES string of the molecule is COc1cc(/C=N\NC(=O)c2cccc([N+](=O)[O-])c2)cc(I)c1OCc1ccccc1C. The summed E-state index contributed by atoms with van der Waals surface area (Å²) in [5.74, 6) is 0.607. The van der Waals surface area contributed by atoms with Crippen molar-refractivity contribution in [3.05, 3.63) is 96.6 Å². The van der Waals surface area contributed by atoms with Gasteiger partial charge < -0.3 is 9.47 Å². The Labute approximate surface area is 198 Å². The number of amides is 1. The molecule has 0 saturated carbocycles. The topological polar surface area (TPSA) is 103 Å². The molecular weight excluding hydrogens is 525 g/mol. The maximum absolute atomic E-state index is 12.2. The van der Waals surface area contributed by atoms with Gasteiger partial charge in [-0.2, -0.15) is 5.10 Å². The fraction of sp³-hybridized carbons (Fsp3) is 0.130. The zero-order valence-corrected chi connectivity index (χ0v) is 19.5. The van der Waals surface area contributed by atoms with E-state index in [1.165, 1.54) is 30.5 Å². The number of benzene rings is 3. The van der Waals surface area contributed by atoms with E-state index in [2.05, 4.69) is 33.1 Å². The summed E-state index contributed by atoms with van der Waals surface area (Å²) in [6, 6.07) is 17.0. The van der Waals surface area contributed by atoms with E-state index in [9.17, 15) is 14.9 Å². The maximum atomic E-state index is 12.2. The molecule has 0 spiro atoms. The molecule has 1 amide bonds. The molecule has 0 atom stereocenters. The van der Waals surface area contributed by atoms with Crippen LogP contribution in [0.1, 0.15) is 27.0 Å². The third-order valence-corrected chi connectivity index (χ3v) is 5.39. The molecule has 0 aliphatic carbocycles. The van der Waals surface area contributed by atoms with Crippen LogP contribution in [0.3, 0.4) is 0 Å². The van der Waals surface area contributed by atoms with Crippen molar-refractivity contribution in [1.82, 2.24) is 5.43 Å². The van der Waals surface area contributed by atoms with Gasteiger partial charge in [0.05, 0.1) is 21.8 Å².